The highest BCUT2D eigenvalue weighted by atomic mass is 14.8. The third kappa shape index (κ3) is 4.64. The molecule has 0 atom stereocenters. The van der Waals surface area contributed by atoms with Crippen LogP contribution in [0.1, 0.15) is 0 Å². The molecular weight excluding hydrogens is 560 g/mol. The van der Waals surface area contributed by atoms with Crippen molar-refractivity contribution >= 4 is 43.6 Å². The van der Waals surface area contributed by atoms with Gasteiger partial charge < -0.3 is 0 Å². The third-order valence-corrected chi connectivity index (χ3v) is 8.69. The lowest BCUT2D eigenvalue weighted by atomic mass is 10.00. The Hall–Kier alpha value is -6.26. The molecule has 0 saturated carbocycles. The van der Waals surface area contributed by atoms with Gasteiger partial charge in [-0.1, -0.05) is 103 Å². The summed E-state index contributed by atoms with van der Waals surface area (Å²) in [7, 11) is 0. The van der Waals surface area contributed by atoms with Crippen molar-refractivity contribution in [3.63, 3.8) is 0 Å². The van der Waals surface area contributed by atoms with Gasteiger partial charge in [0.2, 0.25) is 0 Å². The average Bonchev–Trinajstić information content (AvgIpc) is 3.14. The van der Waals surface area contributed by atoms with Gasteiger partial charge in [0.25, 0.3) is 0 Å². The zero-order chi connectivity index (χ0) is 30.5. The van der Waals surface area contributed by atoms with Gasteiger partial charge in [0.1, 0.15) is 0 Å². The number of benzene rings is 5. The van der Waals surface area contributed by atoms with E-state index in [0.717, 1.165) is 88.5 Å². The average molecular weight is 587 g/mol. The minimum Gasteiger partial charge on any atom is -0.254 e. The van der Waals surface area contributed by atoms with E-state index in [1.54, 1.807) is 0 Å². The van der Waals surface area contributed by atoms with E-state index >= 15 is 0 Å². The number of pyridine rings is 4. The molecule has 0 saturated heterocycles. The standard InChI is InChI=1S/C42H26N4/c1-2-5-27(6-3-1)36-22-17-34-25-32(15-20-39(34)44-36)33-16-21-40-35(26-33)18-23-37(45-40)28-8-10-29(11-9-28)38-19-14-31-13-12-30-7-4-24-43-41(30)42(31)46-38/h1-26H. The summed E-state index contributed by atoms with van der Waals surface area (Å²) in [6.07, 6.45) is 1.82. The van der Waals surface area contributed by atoms with Crippen molar-refractivity contribution in [1.29, 1.82) is 0 Å². The van der Waals surface area contributed by atoms with Gasteiger partial charge in [-0.15, -0.1) is 0 Å². The molecule has 0 aliphatic carbocycles. The van der Waals surface area contributed by atoms with Gasteiger partial charge in [0.05, 0.1) is 39.1 Å². The quantitative estimate of drug-likeness (QED) is 0.193. The molecule has 9 aromatic rings. The van der Waals surface area contributed by atoms with Crippen LogP contribution in [0.3, 0.4) is 0 Å². The lowest BCUT2D eigenvalue weighted by Crippen LogP contribution is -1.90. The van der Waals surface area contributed by atoms with Crippen molar-refractivity contribution in [3.05, 3.63) is 158 Å². The Kier molecular flexibility index (Phi) is 6.10. The van der Waals surface area contributed by atoms with E-state index in [1.165, 1.54) is 0 Å². The highest BCUT2D eigenvalue weighted by molar-refractivity contribution is 6.03. The number of nitrogens with zero attached hydrogens (tertiary/aromatic N) is 4. The van der Waals surface area contributed by atoms with Crippen molar-refractivity contribution in [1.82, 2.24) is 19.9 Å². The van der Waals surface area contributed by atoms with Crippen LogP contribution < -0.4 is 0 Å². The van der Waals surface area contributed by atoms with Crippen LogP contribution in [-0.2, 0) is 0 Å². The fourth-order valence-electron chi connectivity index (χ4n) is 6.24. The van der Waals surface area contributed by atoms with Crippen LogP contribution in [0, 0.1) is 0 Å². The second-order valence-electron chi connectivity index (χ2n) is 11.6. The summed E-state index contributed by atoms with van der Waals surface area (Å²) in [5.41, 5.74) is 12.2. The molecule has 9 rings (SSSR count). The van der Waals surface area contributed by atoms with E-state index in [-0.39, 0.29) is 0 Å². The first kappa shape index (κ1) is 26.2. The zero-order valence-electron chi connectivity index (χ0n) is 24.8. The van der Waals surface area contributed by atoms with Crippen molar-refractivity contribution in [2.75, 3.05) is 0 Å². The lowest BCUT2D eigenvalue weighted by Gasteiger charge is -2.09. The Morgan fingerprint density at radius 3 is 1.39 bits per heavy atom. The number of hydrogen-bond acceptors (Lipinski definition) is 4. The van der Waals surface area contributed by atoms with Crippen LogP contribution >= 0.6 is 0 Å². The largest absolute Gasteiger partial charge is 0.254 e. The maximum absolute atomic E-state index is 5.01. The first-order valence-electron chi connectivity index (χ1n) is 15.4. The van der Waals surface area contributed by atoms with Crippen LogP contribution in [-0.4, -0.2) is 19.9 Å². The van der Waals surface area contributed by atoms with Gasteiger partial charge in [0.15, 0.2) is 0 Å². The van der Waals surface area contributed by atoms with Crippen LogP contribution in [0.4, 0.5) is 0 Å². The molecule has 214 valence electrons. The van der Waals surface area contributed by atoms with Gasteiger partial charge in [-0.25, -0.2) is 15.0 Å². The topological polar surface area (TPSA) is 51.6 Å². The van der Waals surface area contributed by atoms with E-state index in [9.17, 15) is 0 Å². The minimum absolute atomic E-state index is 0.924. The van der Waals surface area contributed by atoms with Crippen molar-refractivity contribution < 1.29 is 0 Å². The van der Waals surface area contributed by atoms with E-state index in [2.05, 4.69) is 132 Å². The molecule has 5 aromatic carbocycles. The summed E-state index contributed by atoms with van der Waals surface area (Å²) in [4.78, 5) is 19.5. The molecule has 0 N–H and O–H groups in total. The maximum atomic E-state index is 5.01. The molecular formula is C42H26N4. The van der Waals surface area contributed by atoms with Crippen molar-refractivity contribution in [2.45, 2.75) is 0 Å². The highest BCUT2D eigenvalue weighted by Crippen LogP contribution is 2.31. The summed E-state index contributed by atoms with van der Waals surface area (Å²) >= 11 is 0. The molecule has 0 amide bonds. The fraction of sp³-hybridized carbons (Fsp3) is 0. The summed E-state index contributed by atoms with van der Waals surface area (Å²) < 4.78 is 0. The van der Waals surface area contributed by atoms with Crippen molar-refractivity contribution in [3.8, 4) is 44.9 Å². The molecule has 0 fully saturated rings. The monoisotopic (exact) mass is 586 g/mol. The molecule has 0 aliphatic rings. The van der Waals surface area contributed by atoms with Crippen LogP contribution in [0.25, 0.3) is 88.5 Å². The van der Waals surface area contributed by atoms with Crippen LogP contribution in [0.2, 0.25) is 0 Å². The molecule has 46 heavy (non-hydrogen) atoms. The SMILES string of the molecule is c1ccc(-c2ccc3cc(-c4ccc5nc(-c6ccc(-c7ccc8ccc9cccnc9c8n7)cc6)ccc5c4)ccc3n2)cc1. The normalized spacial score (nSPS) is 11.5. The highest BCUT2D eigenvalue weighted by Gasteiger charge is 2.09. The third-order valence-electron chi connectivity index (χ3n) is 8.69. The second-order valence-corrected chi connectivity index (χ2v) is 11.6. The lowest BCUT2D eigenvalue weighted by molar-refractivity contribution is 1.36. The molecule has 0 unspecified atom stereocenters. The Morgan fingerprint density at radius 2 is 0.783 bits per heavy atom. The zero-order valence-corrected chi connectivity index (χ0v) is 24.8. The number of hydrogen-bond donors (Lipinski definition) is 0. The fourth-order valence-corrected chi connectivity index (χ4v) is 6.24. The van der Waals surface area contributed by atoms with E-state index < -0.39 is 0 Å². The van der Waals surface area contributed by atoms with E-state index in [1.807, 2.05) is 30.5 Å². The van der Waals surface area contributed by atoms with Gasteiger partial charge in [-0.3, -0.25) is 4.98 Å². The number of rotatable bonds is 4. The molecule has 4 heterocycles. The predicted octanol–water partition coefficient (Wildman–Crippen LogP) is 10.5. The summed E-state index contributed by atoms with van der Waals surface area (Å²) in [6, 6.07) is 52.7. The maximum Gasteiger partial charge on any atom is 0.0972 e. The second kappa shape index (κ2) is 10.7. The molecule has 0 aliphatic heterocycles. The Morgan fingerprint density at radius 1 is 0.304 bits per heavy atom. The predicted molar refractivity (Wildman–Crippen MR) is 189 cm³/mol. The Labute approximate surface area is 265 Å². The summed E-state index contributed by atoms with van der Waals surface area (Å²) in [5, 5.41) is 4.41. The van der Waals surface area contributed by atoms with Crippen LogP contribution in [0.5, 0.6) is 0 Å². The smallest absolute Gasteiger partial charge is 0.0972 e. The summed E-state index contributed by atoms with van der Waals surface area (Å²) in [5.74, 6) is 0. The van der Waals surface area contributed by atoms with Gasteiger partial charge in [0, 0.05) is 44.4 Å². The van der Waals surface area contributed by atoms with E-state index in [4.69, 9.17) is 15.0 Å². The minimum atomic E-state index is 0.924. The Bertz CT molecular complexity index is 2570. The first-order chi connectivity index (χ1) is 22.7. The molecule has 4 aromatic heterocycles. The number of fused-ring (bicyclic) bond motifs is 5. The molecule has 4 heteroatoms. The molecule has 0 bridgehead atoms. The van der Waals surface area contributed by atoms with Gasteiger partial charge in [-0.05, 0) is 59.7 Å². The first-order valence-corrected chi connectivity index (χ1v) is 15.4. The molecule has 4 nitrogen and oxygen atoms in total. The van der Waals surface area contributed by atoms with Crippen LogP contribution in [0.15, 0.2) is 158 Å². The molecule has 0 radical (unpaired) electrons. The van der Waals surface area contributed by atoms with Gasteiger partial charge >= 0.3 is 0 Å². The van der Waals surface area contributed by atoms with Gasteiger partial charge in [-0.2, -0.15) is 0 Å². The number of aromatic nitrogens is 4. The summed E-state index contributed by atoms with van der Waals surface area (Å²) in [6.45, 7) is 0. The van der Waals surface area contributed by atoms with E-state index in [0.29, 0.717) is 0 Å². The van der Waals surface area contributed by atoms with Crippen molar-refractivity contribution in [2.24, 2.45) is 0 Å². The Balaban J connectivity index is 0.993. The molecule has 0 spiro atoms.